The molecule has 0 bridgehead atoms. The van der Waals surface area contributed by atoms with E-state index in [1.807, 2.05) is 0 Å². The van der Waals surface area contributed by atoms with E-state index in [0.29, 0.717) is 0 Å². The van der Waals surface area contributed by atoms with Gasteiger partial charge in [0.2, 0.25) is 0 Å². The highest BCUT2D eigenvalue weighted by Gasteiger charge is 2.51. The molecule has 1 heterocycles. The van der Waals surface area contributed by atoms with E-state index in [4.69, 9.17) is 17.7 Å². The van der Waals surface area contributed by atoms with Gasteiger partial charge in [-0.15, -0.1) is 6.58 Å². The Morgan fingerprint density at radius 1 is 1.62 bits per heavy atom. The van der Waals surface area contributed by atoms with Crippen LogP contribution in [0.2, 0.25) is 0 Å². The molecule has 0 aromatic heterocycles. The van der Waals surface area contributed by atoms with Gasteiger partial charge in [0.25, 0.3) is 0 Å². The van der Waals surface area contributed by atoms with Crippen molar-refractivity contribution in [2.75, 3.05) is 6.61 Å². The Balaban J connectivity index is 2.78. The summed E-state index contributed by atoms with van der Waals surface area (Å²) in [6, 6.07) is -0.988. The third-order valence-corrected chi connectivity index (χ3v) is 2.33. The maximum atomic E-state index is 9.85. The first-order valence-electron chi connectivity index (χ1n) is 4.09. The van der Waals surface area contributed by atoms with Crippen molar-refractivity contribution in [1.29, 1.82) is 0 Å². The van der Waals surface area contributed by atoms with Crippen LogP contribution in [0.25, 0.3) is 0 Å². The van der Waals surface area contributed by atoms with Crippen LogP contribution < -0.4 is 0 Å². The standard InChI is InChI=1S/C8H13BO4/c1-2-3-8(12)6(11)5(4-10)13-7(8)9/h2,5-7,10-12H,1,3-4H2. The smallest absolute Gasteiger partial charge is 0.114 e. The monoisotopic (exact) mass is 184 g/mol. The first-order valence-corrected chi connectivity index (χ1v) is 4.09. The van der Waals surface area contributed by atoms with E-state index >= 15 is 0 Å². The Kier molecular flexibility index (Phi) is 3.13. The van der Waals surface area contributed by atoms with Crippen LogP contribution in [0.5, 0.6) is 0 Å². The second-order valence-electron chi connectivity index (χ2n) is 3.21. The minimum absolute atomic E-state index is 0.131. The SMILES string of the molecule is [B]C1OC(CO)C(O)C1(O)CC=C. The van der Waals surface area contributed by atoms with Crippen LogP contribution in [-0.4, -0.2) is 53.6 Å². The van der Waals surface area contributed by atoms with Gasteiger partial charge in [-0.05, 0) is 6.42 Å². The van der Waals surface area contributed by atoms with E-state index in [0.717, 1.165) is 0 Å². The molecule has 72 valence electrons. The number of aliphatic hydroxyl groups excluding tert-OH is 2. The molecule has 0 aliphatic carbocycles. The van der Waals surface area contributed by atoms with E-state index in [1.165, 1.54) is 6.08 Å². The van der Waals surface area contributed by atoms with E-state index in [2.05, 4.69) is 6.58 Å². The Morgan fingerprint density at radius 3 is 2.62 bits per heavy atom. The number of hydrogen-bond acceptors (Lipinski definition) is 4. The lowest BCUT2D eigenvalue weighted by atomic mass is 9.78. The second-order valence-corrected chi connectivity index (χ2v) is 3.21. The zero-order chi connectivity index (χ0) is 10.1. The molecule has 1 rings (SSSR count). The minimum atomic E-state index is -1.53. The van der Waals surface area contributed by atoms with Crippen molar-refractivity contribution < 1.29 is 20.1 Å². The van der Waals surface area contributed by atoms with Gasteiger partial charge in [0.1, 0.15) is 25.7 Å². The quantitative estimate of drug-likeness (QED) is 0.370. The van der Waals surface area contributed by atoms with Crippen LogP contribution in [0, 0.1) is 0 Å². The number of ether oxygens (including phenoxy) is 1. The summed E-state index contributed by atoms with van der Waals surface area (Å²) in [5.74, 6) is 0. The van der Waals surface area contributed by atoms with Crippen LogP contribution in [0.15, 0.2) is 12.7 Å². The molecule has 1 saturated heterocycles. The van der Waals surface area contributed by atoms with Crippen LogP contribution in [0.4, 0.5) is 0 Å². The zero-order valence-corrected chi connectivity index (χ0v) is 7.26. The van der Waals surface area contributed by atoms with Crippen molar-refractivity contribution in [3.05, 3.63) is 12.7 Å². The third kappa shape index (κ3) is 1.65. The van der Waals surface area contributed by atoms with Gasteiger partial charge in [-0.25, -0.2) is 0 Å². The molecule has 4 atom stereocenters. The highest BCUT2D eigenvalue weighted by atomic mass is 16.6. The van der Waals surface area contributed by atoms with Crippen LogP contribution in [0.1, 0.15) is 6.42 Å². The maximum absolute atomic E-state index is 9.85. The van der Waals surface area contributed by atoms with Gasteiger partial charge in [-0.2, -0.15) is 0 Å². The molecule has 0 amide bonds. The molecule has 1 aliphatic heterocycles. The third-order valence-electron chi connectivity index (χ3n) is 2.33. The fraction of sp³-hybridized carbons (Fsp3) is 0.750. The largest absolute Gasteiger partial charge is 0.394 e. The molecule has 4 nitrogen and oxygen atoms in total. The molecule has 4 unspecified atom stereocenters. The van der Waals surface area contributed by atoms with Crippen LogP contribution in [0.3, 0.4) is 0 Å². The predicted octanol–water partition coefficient (Wildman–Crippen LogP) is -1.46. The van der Waals surface area contributed by atoms with Crippen LogP contribution >= 0.6 is 0 Å². The fourth-order valence-corrected chi connectivity index (χ4v) is 1.48. The highest BCUT2D eigenvalue weighted by molar-refractivity contribution is 6.12. The molecule has 3 N–H and O–H groups in total. The van der Waals surface area contributed by atoms with E-state index in [1.54, 1.807) is 0 Å². The molecule has 0 aromatic carbocycles. The van der Waals surface area contributed by atoms with Gasteiger partial charge in [-0.1, -0.05) is 6.08 Å². The summed E-state index contributed by atoms with van der Waals surface area (Å²) >= 11 is 0. The molecular formula is C8H13BO4. The van der Waals surface area contributed by atoms with Crippen molar-refractivity contribution in [1.82, 2.24) is 0 Å². The van der Waals surface area contributed by atoms with Crippen LogP contribution in [-0.2, 0) is 4.74 Å². The molecule has 1 aliphatic rings. The summed E-state index contributed by atoms with van der Waals surface area (Å²) in [6.07, 6.45) is -0.414. The normalized spacial score (nSPS) is 45.0. The average Bonchev–Trinajstić information content (AvgIpc) is 2.31. The van der Waals surface area contributed by atoms with Crippen molar-refractivity contribution >= 4 is 7.85 Å². The first kappa shape index (κ1) is 10.7. The topological polar surface area (TPSA) is 69.9 Å². The maximum Gasteiger partial charge on any atom is 0.114 e. The number of hydrogen-bond donors (Lipinski definition) is 3. The molecule has 1 fully saturated rings. The van der Waals surface area contributed by atoms with Gasteiger partial charge >= 0.3 is 0 Å². The van der Waals surface area contributed by atoms with Gasteiger partial charge in [-0.3, -0.25) is 0 Å². The van der Waals surface area contributed by atoms with E-state index in [9.17, 15) is 10.2 Å². The Hall–Kier alpha value is -0.355. The Bertz CT molecular complexity index is 199. The van der Waals surface area contributed by atoms with Gasteiger partial charge in [0, 0.05) is 6.00 Å². The minimum Gasteiger partial charge on any atom is -0.394 e. The summed E-state index contributed by atoms with van der Waals surface area (Å²) in [6.45, 7) is 3.08. The lowest BCUT2D eigenvalue weighted by molar-refractivity contribution is -0.0576. The summed E-state index contributed by atoms with van der Waals surface area (Å²) in [7, 11) is 5.46. The number of rotatable bonds is 3. The number of aliphatic hydroxyl groups is 3. The summed E-state index contributed by atoms with van der Waals surface area (Å²) < 4.78 is 4.97. The van der Waals surface area contributed by atoms with E-state index < -0.39 is 23.8 Å². The van der Waals surface area contributed by atoms with E-state index in [-0.39, 0.29) is 13.0 Å². The molecular weight excluding hydrogens is 171 g/mol. The predicted molar refractivity (Wildman–Crippen MR) is 47.3 cm³/mol. The molecule has 5 heteroatoms. The molecule has 13 heavy (non-hydrogen) atoms. The zero-order valence-electron chi connectivity index (χ0n) is 7.26. The highest BCUT2D eigenvalue weighted by Crippen LogP contribution is 2.32. The Labute approximate surface area is 78.2 Å². The summed E-state index contributed by atoms with van der Waals surface area (Å²) in [4.78, 5) is 0. The summed E-state index contributed by atoms with van der Waals surface area (Å²) in [5, 5.41) is 28.2. The van der Waals surface area contributed by atoms with Gasteiger partial charge < -0.3 is 20.1 Å². The van der Waals surface area contributed by atoms with Crippen molar-refractivity contribution in [3.8, 4) is 0 Å². The molecule has 2 radical (unpaired) electrons. The average molecular weight is 184 g/mol. The fourth-order valence-electron chi connectivity index (χ4n) is 1.48. The van der Waals surface area contributed by atoms with Crippen molar-refractivity contribution in [2.45, 2.75) is 30.2 Å². The lowest BCUT2D eigenvalue weighted by Gasteiger charge is -2.28. The summed E-state index contributed by atoms with van der Waals surface area (Å²) in [5.41, 5.74) is -1.53. The lowest BCUT2D eigenvalue weighted by Crippen LogP contribution is -2.48. The molecule has 0 spiro atoms. The first-order chi connectivity index (χ1) is 6.06. The van der Waals surface area contributed by atoms with Gasteiger partial charge in [0.15, 0.2) is 0 Å². The molecule has 0 saturated carbocycles. The van der Waals surface area contributed by atoms with Crippen molar-refractivity contribution in [2.24, 2.45) is 0 Å². The van der Waals surface area contributed by atoms with Gasteiger partial charge in [0.05, 0.1) is 6.61 Å². The Morgan fingerprint density at radius 2 is 2.23 bits per heavy atom. The molecule has 0 aromatic rings. The second kappa shape index (κ2) is 3.80. The van der Waals surface area contributed by atoms with Crippen molar-refractivity contribution in [3.63, 3.8) is 0 Å².